The first-order valence-electron chi connectivity index (χ1n) is 6.59. The highest BCUT2D eigenvalue weighted by molar-refractivity contribution is 7.99. The van der Waals surface area contributed by atoms with E-state index >= 15 is 0 Å². The number of hydrogen-bond donors (Lipinski definition) is 1. The first-order valence-corrected chi connectivity index (χ1v) is 7.58. The second-order valence-electron chi connectivity index (χ2n) is 4.59. The summed E-state index contributed by atoms with van der Waals surface area (Å²) in [5.41, 5.74) is 2.41. The molecule has 0 radical (unpaired) electrons. The first kappa shape index (κ1) is 14.1. The second-order valence-corrected chi connectivity index (χ2v) is 5.76. The van der Waals surface area contributed by atoms with E-state index in [0.29, 0.717) is 6.04 Å². The average molecular weight is 272 g/mol. The van der Waals surface area contributed by atoms with E-state index in [1.807, 2.05) is 30.1 Å². The van der Waals surface area contributed by atoms with Crippen molar-refractivity contribution in [3.8, 4) is 0 Å². The summed E-state index contributed by atoms with van der Waals surface area (Å²) in [5.74, 6) is 1.07. The molecule has 100 valence electrons. The summed E-state index contributed by atoms with van der Waals surface area (Å²) in [6.45, 7) is 5.25. The Morgan fingerprint density at radius 2 is 1.95 bits per heavy atom. The molecule has 1 aromatic carbocycles. The minimum Gasteiger partial charge on any atom is -0.308 e. The highest BCUT2D eigenvalue weighted by Crippen LogP contribution is 2.18. The van der Waals surface area contributed by atoms with Gasteiger partial charge in [-0.3, -0.25) is 4.98 Å². The maximum atomic E-state index is 4.36. The van der Waals surface area contributed by atoms with E-state index in [2.05, 4.69) is 54.5 Å². The zero-order valence-electron chi connectivity index (χ0n) is 11.5. The van der Waals surface area contributed by atoms with Gasteiger partial charge in [-0.05, 0) is 38.1 Å². The van der Waals surface area contributed by atoms with Crippen LogP contribution in [0.4, 0.5) is 0 Å². The number of rotatable bonds is 6. The molecule has 0 bridgehead atoms. The molecule has 2 aromatic rings. The van der Waals surface area contributed by atoms with Crippen LogP contribution in [-0.2, 0) is 0 Å². The van der Waals surface area contributed by atoms with Gasteiger partial charge in [0.25, 0.3) is 0 Å². The first-order chi connectivity index (χ1) is 9.25. The van der Waals surface area contributed by atoms with E-state index in [-0.39, 0.29) is 0 Å². The van der Waals surface area contributed by atoms with E-state index in [4.69, 9.17) is 0 Å². The third-order valence-electron chi connectivity index (χ3n) is 2.97. The van der Waals surface area contributed by atoms with Crippen molar-refractivity contribution < 1.29 is 0 Å². The van der Waals surface area contributed by atoms with Crippen LogP contribution in [0.5, 0.6) is 0 Å². The largest absolute Gasteiger partial charge is 0.308 e. The predicted molar refractivity (Wildman–Crippen MR) is 82.6 cm³/mol. The predicted octanol–water partition coefficient (Wildman–Crippen LogP) is 3.83. The van der Waals surface area contributed by atoms with Crippen molar-refractivity contribution in [2.45, 2.75) is 24.8 Å². The highest BCUT2D eigenvalue weighted by atomic mass is 32.2. The van der Waals surface area contributed by atoms with E-state index < -0.39 is 0 Å². The molecule has 1 aromatic heterocycles. The minimum absolute atomic E-state index is 0.305. The van der Waals surface area contributed by atoms with Gasteiger partial charge in [-0.25, -0.2) is 0 Å². The lowest BCUT2D eigenvalue weighted by atomic mass is 10.2. The molecular weight excluding hydrogens is 252 g/mol. The van der Waals surface area contributed by atoms with Crippen molar-refractivity contribution in [3.63, 3.8) is 0 Å². The Labute approximate surface area is 119 Å². The van der Waals surface area contributed by atoms with Crippen molar-refractivity contribution in [1.29, 1.82) is 0 Å². The van der Waals surface area contributed by atoms with Crippen molar-refractivity contribution in [1.82, 2.24) is 10.3 Å². The van der Waals surface area contributed by atoms with Gasteiger partial charge in [0.1, 0.15) is 0 Å². The summed E-state index contributed by atoms with van der Waals surface area (Å²) in [6.07, 6.45) is 1.84. The Balaban J connectivity index is 1.71. The fourth-order valence-corrected chi connectivity index (χ4v) is 2.60. The fourth-order valence-electron chi connectivity index (χ4n) is 1.82. The molecule has 0 aliphatic carbocycles. The molecule has 1 unspecified atom stereocenters. The number of hydrogen-bond acceptors (Lipinski definition) is 3. The standard InChI is InChI=1S/C16H20N2S/c1-13-6-8-15(9-7-13)19-12-11-17-14(2)16-5-3-4-10-18-16/h3-10,14,17H,11-12H2,1-2H3. The van der Waals surface area contributed by atoms with Gasteiger partial charge in [0.15, 0.2) is 0 Å². The zero-order chi connectivity index (χ0) is 13.5. The quantitative estimate of drug-likeness (QED) is 0.639. The molecule has 0 saturated heterocycles. The van der Waals surface area contributed by atoms with Crippen molar-refractivity contribution in [2.75, 3.05) is 12.3 Å². The molecule has 0 saturated carbocycles. The van der Waals surface area contributed by atoms with Gasteiger partial charge in [-0.15, -0.1) is 11.8 Å². The van der Waals surface area contributed by atoms with Crippen LogP contribution in [0.2, 0.25) is 0 Å². The minimum atomic E-state index is 0.305. The van der Waals surface area contributed by atoms with Crippen LogP contribution < -0.4 is 5.32 Å². The Morgan fingerprint density at radius 3 is 2.63 bits per heavy atom. The van der Waals surface area contributed by atoms with E-state index in [1.165, 1.54) is 10.5 Å². The van der Waals surface area contributed by atoms with Crippen LogP contribution in [0.25, 0.3) is 0 Å². The Hall–Kier alpha value is -1.32. The van der Waals surface area contributed by atoms with Gasteiger partial charge in [0, 0.05) is 29.4 Å². The topological polar surface area (TPSA) is 24.9 Å². The molecule has 0 spiro atoms. The molecule has 19 heavy (non-hydrogen) atoms. The van der Waals surface area contributed by atoms with Crippen LogP contribution in [0, 0.1) is 6.92 Å². The molecule has 2 nitrogen and oxygen atoms in total. The zero-order valence-corrected chi connectivity index (χ0v) is 12.3. The SMILES string of the molecule is Cc1ccc(SCCNC(C)c2ccccn2)cc1. The number of nitrogens with one attached hydrogen (secondary N) is 1. The second kappa shape index (κ2) is 7.31. The summed E-state index contributed by atoms with van der Waals surface area (Å²) in [7, 11) is 0. The molecular formula is C16H20N2S. The van der Waals surface area contributed by atoms with Gasteiger partial charge < -0.3 is 5.32 Å². The van der Waals surface area contributed by atoms with Gasteiger partial charge in [-0.2, -0.15) is 0 Å². The summed E-state index contributed by atoms with van der Waals surface area (Å²) in [4.78, 5) is 5.69. The number of pyridine rings is 1. The number of nitrogens with zero attached hydrogens (tertiary/aromatic N) is 1. The number of thioether (sulfide) groups is 1. The van der Waals surface area contributed by atoms with Crippen LogP contribution in [0.1, 0.15) is 24.2 Å². The van der Waals surface area contributed by atoms with Crippen LogP contribution in [-0.4, -0.2) is 17.3 Å². The summed E-state index contributed by atoms with van der Waals surface area (Å²) in [6, 6.07) is 15.0. The smallest absolute Gasteiger partial charge is 0.0570 e. The molecule has 0 aliphatic rings. The Kier molecular flexibility index (Phi) is 5.43. The van der Waals surface area contributed by atoms with Crippen molar-refractivity contribution in [3.05, 3.63) is 59.9 Å². The van der Waals surface area contributed by atoms with Gasteiger partial charge in [0.05, 0.1) is 5.69 Å². The molecule has 1 atom stereocenters. The van der Waals surface area contributed by atoms with Crippen molar-refractivity contribution >= 4 is 11.8 Å². The van der Waals surface area contributed by atoms with E-state index in [0.717, 1.165) is 18.0 Å². The van der Waals surface area contributed by atoms with Crippen LogP contribution >= 0.6 is 11.8 Å². The van der Waals surface area contributed by atoms with Gasteiger partial charge >= 0.3 is 0 Å². The molecule has 1 heterocycles. The fraction of sp³-hybridized carbons (Fsp3) is 0.312. The third-order valence-corrected chi connectivity index (χ3v) is 3.99. The normalized spacial score (nSPS) is 12.3. The summed E-state index contributed by atoms with van der Waals surface area (Å²) >= 11 is 1.88. The number of aromatic nitrogens is 1. The molecule has 1 N–H and O–H groups in total. The Morgan fingerprint density at radius 1 is 1.16 bits per heavy atom. The van der Waals surface area contributed by atoms with Crippen molar-refractivity contribution in [2.24, 2.45) is 0 Å². The third kappa shape index (κ3) is 4.69. The van der Waals surface area contributed by atoms with Crippen LogP contribution in [0.3, 0.4) is 0 Å². The monoisotopic (exact) mass is 272 g/mol. The lowest BCUT2D eigenvalue weighted by Gasteiger charge is -2.12. The maximum Gasteiger partial charge on any atom is 0.0570 e. The lowest BCUT2D eigenvalue weighted by molar-refractivity contribution is 0.586. The molecule has 0 amide bonds. The van der Waals surface area contributed by atoms with E-state index in [1.54, 1.807) is 0 Å². The van der Waals surface area contributed by atoms with Gasteiger partial charge in [0.2, 0.25) is 0 Å². The summed E-state index contributed by atoms with van der Waals surface area (Å²) in [5, 5.41) is 3.50. The molecule has 0 fully saturated rings. The summed E-state index contributed by atoms with van der Waals surface area (Å²) < 4.78 is 0. The lowest BCUT2D eigenvalue weighted by Crippen LogP contribution is -2.22. The maximum absolute atomic E-state index is 4.36. The molecule has 0 aliphatic heterocycles. The highest BCUT2D eigenvalue weighted by Gasteiger charge is 2.04. The number of aryl methyl sites for hydroxylation is 1. The van der Waals surface area contributed by atoms with E-state index in [9.17, 15) is 0 Å². The molecule has 3 heteroatoms. The van der Waals surface area contributed by atoms with Gasteiger partial charge in [-0.1, -0.05) is 23.8 Å². The molecule has 2 rings (SSSR count). The van der Waals surface area contributed by atoms with Crippen LogP contribution in [0.15, 0.2) is 53.6 Å². The number of benzene rings is 1. The average Bonchev–Trinajstić information content (AvgIpc) is 2.46. The Bertz CT molecular complexity index is 482.